The van der Waals surface area contributed by atoms with Gasteiger partial charge in [-0.05, 0) is 41.8 Å². The molecule has 2 amide bonds. The van der Waals surface area contributed by atoms with E-state index in [4.69, 9.17) is 4.42 Å². The molecule has 0 fully saturated rings. The number of carbonyl (C=O) groups is 2. The highest BCUT2D eigenvalue weighted by molar-refractivity contribution is 6.25. The normalized spacial score (nSPS) is 13.4. The topological polar surface area (TPSA) is 106 Å². The van der Waals surface area contributed by atoms with E-state index < -0.39 is 16.7 Å². The van der Waals surface area contributed by atoms with E-state index in [1.165, 1.54) is 18.3 Å². The Labute approximate surface area is 175 Å². The largest absolute Gasteiger partial charge is 0.455 e. The fourth-order valence-corrected chi connectivity index (χ4v) is 3.56. The van der Waals surface area contributed by atoms with Gasteiger partial charge in [0.05, 0.1) is 22.3 Å². The maximum atomic E-state index is 12.9. The van der Waals surface area contributed by atoms with Crippen LogP contribution in [0.15, 0.2) is 82.3 Å². The molecule has 1 aliphatic rings. The Bertz CT molecular complexity index is 1350. The molecular formula is C23H13N3O5. The van der Waals surface area contributed by atoms with Crippen LogP contribution in [0.25, 0.3) is 22.1 Å². The van der Waals surface area contributed by atoms with Crippen molar-refractivity contribution in [3.63, 3.8) is 0 Å². The van der Waals surface area contributed by atoms with Gasteiger partial charge in [-0.15, -0.1) is 0 Å². The summed E-state index contributed by atoms with van der Waals surface area (Å²) in [6.07, 6.45) is 1.29. The average Bonchev–Trinajstić information content (AvgIpc) is 3.26. The van der Waals surface area contributed by atoms with Crippen molar-refractivity contribution in [2.24, 2.45) is 5.10 Å². The monoisotopic (exact) mass is 411 g/mol. The summed E-state index contributed by atoms with van der Waals surface area (Å²) in [7, 11) is 0. The quantitative estimate of drug-likeness (QED) is 0.210. The zero-order valence-electron chi connectivity index (χ0n) is 15.9. The molecule has 150 valence electrons. The lowest BCUT2D eigenvalue weighted by molar-refractivity contribution is -0.384. The van der Waals surface area contributed by atoms with Gasteiger partial charge in [0.2, 0.25) is 0 Å². The van der Waals surface area contributed by atoms with Crippen LogP contribution in [0.5, 0.6) is 0 Å². The molecule has 1 aromatic heterocycles. The average molecular weight is 411 g/mol. The third-order valence-electron chi connectivity index (χ3n) is 5.04. The summed E-state index contributed by atoms with van der Waals surface area (Å²) in [6.45, 7) is 0. The summed E-state index contributed by atoms with van der Waals surface area (Å²) < 4.78 is 5.69. The Morgan fingerprint density at radius 2 is 1.52 bits per heavy atom. The Balaban J connectivity index is 1.43. The molecule has 0 saturated carbocycles. The lowest BCUT2D eigenvalue weighted by Gasteiger charge is -2.22. The Kier molecular flexibility index (Phi) is 4.18. The van der Waals surface area contributed by atoms with Gasteiger partial charge in [-0.2, -0.15) is 10.1 Å². The van der Waals surface area contributed by atoms with Crippen LogP contribution in [-0.2, 0) is 0 Å². The molecule has 0 aliphatic carbocycles. The number of furan rings is 1. The first kappa shape index (κ1) is 18.4. The van der Waals surface area contributed by atoms with Crippen LogP contribution in [-0.4, -0.2) is 28.0 Å². The predicted octanol–water partition coefficient (Wildman–Crippen LogP) is 4.64. The Morgan fingerprint density at radius 3 is 2.13 bits per heavy atom. The van der Waals surface area contributed by atoms with Crippen molar-refractivity contribution in [3.8, 4) is 11.3 Å². The van der Waals surface area contributed by atoms with Gasteiger partial charge in [-0.25, -0.2) is 0 Å². The molecule has 0 spiro atoms. The van der Waals surface area contributed by atoms with Crippen molar-refractivity contribution in [1.82, 2.24) is 5.01 Å². The first-order chi connectivity index (χ1) is 15.0. The number of hydrogen-bond acceptors (Lipinski definition) is 6. The van der Waals surface area contributed by atoms with Gasteiger partial charge in [0.1, 0.15) is 11.5 Å². The highest BCUT2D eigenvalue weighted by atomic mass is 16.6. The first-order valence-corrected chi connectivity index (χ1v) is 9.32. The predicted molar refractivity (Wildman–Crippen MR) is 113 cm³/mol. The molecule has 2 heterocycles. The minimum absolute atomic E-state index is 0.0190. The van der Waals surface area contributed by atoms with Gasteiger partial charge in [0.25, 0.3) is 17.5 Å². The van der Waals surface area contributed by atoms with Gasteiger partial charge in [-0.1, -0.05) is 24.3 Å². The van der Waals surface area contributed by atoms with Crippen molar-refractivity contribution in [2.75, 3.05) is 0 Å². The van der Waals surface area contributed by atoms with E-state index >= 15 is 0 Å². The van der Waals surface area contributed by atoms with Gasteiger partial charge >= 0.3 is 0 Å². The molecule has 8 heteroatoms. The van der Waals surface area contributed by atoms with Crippen LogP contribution in [0.1, 0.15) is 26.5 Å². The summed E-state index contributed by atoms with van der Waals surface area (Å²) in [5, 5.41) is 17.1. The minimum Gasteiger partial charge on any atom is -0.455 e. The molecule has 8 nitrogen and oxygen atoms in total. The van der Waals surface area contributed by atoms with E-state index in [0.717, 1.165) is 10.4 Å². The number of hydrogen-bond donors (Lipinski definition) is 0. The van der Waals surface area contributed by atoms with Crippen LogP contribution < -0.4 is 0 Å². The second kappa shape index (κ2) is 7.03. The van der Waals surface area contributed by atoms with Crippen LogP contribution in [0, 0.1) is 10.1 Å². The van der Waals surface area contributed by atoms with Crippen molar-refractivity contribution in [1.29, 1.82) is 0 Å². The number of nitro benzene ring substituents is 1. The summed E-state index contributed by atoms with van der Waals surface area (Å²) >= 11 is 0. The van der Waals surface area contributed by atoms with E-state index in [9.17, 15) is 19.7 Å². The summed E-state index contributed by atoms with van der Waals surface area (Å²) in [5.74, 6) is -0.214. The molecule has 0 bridgehead atoms. The fourth-order valence-electron chi connectivity index (χ4n) is 3.56. The number of nitro groups is 1. The third kappa shape index (κ3) is 3.06. The smallest absolute Gasteiger partial charge is 0.282 e. The number of nitrogens with zero attached hydrogens (tertiary/aromatic N) is 3. The maximum absolute atomic E-state index is 12.9. The van der Waals surface area contributed by atoms with Crippen LogP contribution in [0.2, 0.25) is 0 Å². The number of imide groups is 1. The molecule has 4 aromatic rings. The number of rotatable bonds is 4. The van der Waals surface area contributed by atoms with Crippen LogP contribution in [0.3, 0.4) is 0 Å². The number of non-ortho nitro benzene ring substituents is 1. The van der Waals surface area contributed by atoms with E-state index in [1.54, 1.807) is 48.5 Å². The first-order valence-electron chi connectivity index (χ1n) is 9.32. The zero-order valence-corrected chi connectivity index (χ0v) is 15.9. The van der Waals surface area contributed by atoms with Gasteiger partial charge in [0, 0.05) is 23.1 Å². The second-order valence-electron chi connectivity index (χ2n) is 6.88. The number of carbonyl (C=O) groups excluding carboxylic acids is 2. The van der Waals surface area contributed by atoms with Crippen LogP contribution in [0.4, 0.5) is 5.69 Å². The van der Waals surface area contributed by atoms with E-state index in [2.05, 4.69) is 5.10 Å². The third-order valence-corrected chi connectivity index (χ3v) is 5.04. The second-order valence-corrected chi connectivity index (χ2v) is 6.88. The Morgan fingerprint density at radius 1 is 0.871 bits per heavy atom. The van der Waals surface area contributed by atoms with Gasteiger partial charge < -0.3 is 4.42 Å². The molecule has 1 aliphatic heterocycles. The minimum atomic E-state index is -0.507. The van der Waals surface area contributed by atoms with E-state index in [-0.39, 0.29) is 5.69 Å². The molecule has 0 radical (unpaired) electrons. The molecular weight excluding hydrogens is 398 g/mol. The molecule has 0 saturated heterocycles. The molecule has 0 unspecified atom stereocenters. The molecule has 0 N–H and O–H groups in total. The van der Waals surface area contributed by atoms with Crippen molar-refractivity contribution in [2.45, 2.75) is 0 Å². The number of benzene rings is 3. The highest BCUT2D eigenvalue weighted by Crippen LogP contribution is 2.30. The van der Waals surface area contributed by atoms with Gasteiger partial charge in [-0.3, -0.25) is 19.7 Å². The van der Waals surface area contributed by atoms with Crippen molar-refractivity contribution < 1.29 is 18.9 Å². The van der Waals surface area contributed by atoms with Crippen LogP contribution >= 0.6 is 0 Å². The lowest BCUT2D eigenvalue weighted by atomic mass is 9.95. The van der Waals surface area contributed by atoms with Crippen molar-refractivity contribution >= 4 is 34.5 Å². The maximum Gasteiger partial charge on any atom is 0.282 e. The van der Waals surface area contributed by atoms with E-state index in [1.807, 2.05) is 12.1 Å². The van der Waals surface area contributed by atoms with E-state index in [0.29, 0.717) is 33.6 Å². The summed E-state index contributed by atoms with van der Waals surface area (Å²) in [6, 6.07) is 19.8. The number of amides is 2. The molecule has 3 aromatic carbocycles. The summed E-state index contributed by atoms with van der Waals surface area (Å²) in [4.78, 5) is 36.0. The molecule has 31 heavy (non-hydrogen) atoms. The Hall–Kier alpha value is -4.59. The summed E-state index contributed by atoms with van der Waals surface area (Å²) in [5.41, 5.74) is 1.46. The standard InChI is InChI=1S/C23H13N3O5/c27-22-18-5-1-3-15-4-2-6-19(21(15)18)23(28)25(22)24-13-17-11-12-20(31-17)14-7-9-16(10-8-14)26(29)30/h1-13H/b24-13-. The molecule has 0 atom stereocenters. The lowest BCUT2D eigenvalue weighted by Crippen LogP contribution is -2.36. The number of hydrazone groups is 1. The zero-order chi connectivity index (χ0) is 21.5. The fraction of sp³-hybridized carbons (Fsp3) is 0. The van der Waals surface area contributed by atoms with Gasteiger partial charge in [0.15, 0.2) is 0 Å². The molecule has 5 rings (SSSR count). The van der Waals surface area contributed by atoms with Crippen molar-refractivity contribution in [3.05, 3.63) is 99.8 Å². The highest BCUT2D eigenvalue weighted by Gasteiger charge is 2.32. The SMILES string of the molecule is O=C1c2cccc3cccc(c23)C(=O)N1/N=C\c1ccc(-c2ccc([N+](=O)[O-])cc2)o1.